The number of carbonyl (C=O) groups excluding carboxylic acids is 1. The van der Waals surface area contributed by atoms with E-state index >= 15 is 4.79 Å². The molecule has 7 aromatic rings. The second kappa shape index (κ2) is 15.9. The van der Waals surface area contributed by atoms with Crippen molar-refractivity contribution in [2.75, 3.05) is 25.2 Å². The lowest BCUT2D eigenvalue weighted by Gasteiger charge is -2.34. The molecule has 1 aliphatic rings. The van der Waals surface area contributed by atoms with Crippen molar-refractivity contribution in [2.45, 2.75) is 60.1 Å². The minimum absolute atomic E-state index is 0.0957. The van der Waals surface area contributed by atoms with Crippen molar-refractivity contribution in [2.24, 2.45) is 19.1 Å². The van der Waals surface area contributed by atoms with Crippen molar-refractivity contribution in [3.05, 3.63) is 127 Å². The number of halogens is 2. The summed E-state index contributed by atoms with van der Waals surface area (Å²) in [5.41, 5.74) is 12.0. The molecule has 8 rings (SSSR count). The highest BCUT2D eigenvalue weighted by molar-refractivity contribution is 6.35. The minimum Gasteiger partial charge on any atom is -0.494 e. The van der Waals surface area contributed by atoms with Gasteiger partial charge in [0.15, 0.2) is 5.84 Å². The van der Waals surface area contributed by atoms with Gasteiger partial charge in [0.1, 0.15) is 16.9 Å². The number of aromatic nitrogens is 5. The third-order valence-electron chi connectivity index (χ3n) is 11.5. The van der Waals surface area contributed by atoms with Crippen molar-refractivity contribution in [1.82, 2.24) is 23.9 Å². The fraction of sp³-hybridized carbons (Fsp3) is 0.304. The van der Waals surface area contributed by atoms with Crippen LogP contribution in [0.2, 0.25) is 10.0 Å². The van der Waals surface area contributed by atoms with E-state index in [1.54, 1.807) is 13.3 Å². The zero-order valence-electron chi connectivity index (χ0n) is 34.6. The maximum absolute atomic E-state index is 15.3. The number of fused-ring (bicyclic) bond motifs is 4. The van der Waals surface area contributed by atoms with Crippen LogP contribution in [0.1, 0.15) is 69.1 Å². The number of carbonyl (C=O) groups is 1. The van der Waals surface area contributed by atoms with Crippen LogP contribution < -0.4 is 15.1 Å². The van der Waals surface area contributed by atoms with Gasteiger partial charge in [-0.25, -0.2) is 4.99 Å². The molecule has 0 bridgehead atoms. The van der Waals surface area contributed by atoms with E-state index in [1.165, 1.54) is 0 Å². The number of benzene rings is 3. The molecule has 5 heterocycles. The quantitative estimate of drug-likeness (QED) is 0.0811. The predicted molar refractivity (Wildman–Crippen MR) is 237 cm³/mol. The normalized spacial score (nSPS) is 14.5. The molecular weight excluding hydrogens is 783 g/mol. The second-order valence-electron chi connectivity index (χ2n) is 15.6. The number of nitrogens with zero attached hydrogens (tertiary/aromatic N) is 6. The number of rotatable bonds is 10. The van der Waals surface area contributed by atoms with E-state index < -0.39 is 0 Å². The number of ether oxygens (including phenoxy) is 2. The molecule has 0 fully saturated rings. The number of amidine groups is 1. The van der Waals surface area contributed by atoms with Crippen LogP contribution in [0, 0.1) is 33.1 Å². The smallest absolute Gasteiger partial charge is 0.275 e. The number of pyridine rings is 1. The van der Waals surface area contributed by atoms with E-state index in [0.29, 0.717) is 54.4 Å². The summed E-state index contributed by atoms with van der Waals surface area (Å²) in [4.78, 5) is 25.0. The summed E-state index contributed by atoms with van der Waals surface area (Å²) >= 11 is 13.6. The lowest BCUT2D eigenvalue weighted by atomic mass is 9.98. The van der Waals surface area contributed by atoms with E-state index in [-0.39, 0.29) is 17.8 Å². The van der Waals surface area contributed by atoms with Crippen LogP contribution in [0.15, 0.2) is 72.0 Å². The van der Waals surface area contributed by atoms with E-state index in [4.69, 9.17) is 43.2 Å². The first-order valence-electron chi connectivity index (χ1n) is 19.7. The lowest BCUT2D eigenvalue weighted by molar-refractivity contribution is 0.0957. The highest BCUT2D eigenvalue weighted by Crippen LogP contribution is 2.46. The molecule has 0 spiro atoms. The predicted octanol–water partition coefficient (Wildman–Crippen LogP) is 9.71. The molecule has 1 atom stereocenters. The molecule has 11 nitrogen and oxygen atoms in total. The van der Waals surface area contributed by atoms with E-state index in [0.717, 1.165) is 83.0 Å². The number of H-pyrrole nitrogens is 1. The van der Waals surface area contributed by atoms with E-state index in [1.807, 2.05) is 104 Å². The molecular formula is C46H48Cl2N8O3. The van der Waals surface area contributed by atoms with Crippen molar-refractivity contribution in [1.29, 1.82) is 5.41 Å². The number of methoxy groups -OCH3 is 1. The molecule has 0 saturated heterocycles. The Labute approximate surface area is 353 Å². The average Bonchev–Trinajstić information content (AvgIpc) is 3.81. The van der Waals surface area contributed by atoms with Crippen molar-refractivity contribution in [3.8, 4) is 16.9 Å². The van der Waals surface area contributed by atoms with Gasteiger partial charge in [0, 0.05) is 95.4 Å². The van der Waals surface area contributed by atoms with Gasteiger partial charge in [0.05, 0.1) is 35.1 Å². The molecule has 4 aromatic heterocycles. The van der Waals surface area contributed by atoms with Gasteiger partial charge >= 0.3 is 0 Å². The van der Waals surface area contributed by atoms with Gasteiger partial charge in [-0.2, -0.15) is 5.10 Å². The van der Waals surface area contributed by atoms with Crippen LogP contribution in [-0.4, -0.2) is 55.9 Å². The highest BCUT2D eigenvalue weighted by Gasteiger charge is 2.37. The molecule has 0 aliphatic carbocycles. The van der Waals surface area contributed by atoms with Gasteiger partial charge in [-0.1, -0.05) is 35.3 Å². The topological polar surface area (TPSA) is 118 Å². The van der Waals surface area contributed by atoms with Gasteiger partial charge in [0.25, 0.3) is 5.91 Å². The molecule has 0 radical (unpaired) electrons. The second-order valence-corrected chi connectivity index (χ2v) is 16.4. The zero-order valence-corrected chi connectivity index (χ0v) is 36.1. The van der Waals surface area contributed by atoms with Gasteiger partial charge in [0.2, 0.25) is 0 Å². The zero-order chi connectivity index (χ0) is 41.9. The molecule has 3 aromatic carbocycles. The van der Waals surface area contributed by atoms with Crippen molar-refractivity contribution < 1.29 is 14.3 Å². The highest BCUT2D eigenvalue weighted by atomic mass is 35.5. The van der Waals surface area contributed by atoms with Gasteiger partial charge in [-0.15, -0.1) is 0 Å². The molecule has 13 heteroatoms. The van der Waals surface area contributed by atoms with E-state index in [9.17, 15) is 0 Å². The van der Waals surface area contributed by atoms with Gasteiger partial charge in [-0.3, -0.25) is 14.9 Å². The molecule has 1 aliphatic heterocycles. The third-order valence-corrected chi connectivity index (χ3v) is 12.4. The number of aryl methyl sites for hydroxylation is 6. The van der Waals surface area contributed by atoms with Gasteiger partial charge in [-0.05, 0) is 107 Å². The molecule has 304 valence electrons. The Morgan fingerprint density at radius 1 is 1.02 bits per heavy atom. The summed E-state index contributed by atoms with van der Waals surface area (Å²) in [7, 11) is 5.55. The Morgan fingerprint density at radius 3 is 2.49 bits per heavy atom. The first-order valence-corrected chi connectivity index (χ1v) is 20.5. The SMILES string of the molecule is COCc1ccc[nH]/c1=N\C(=N)c1ccc2c(c1)c(N1C[C@@H](C)n3c(c(CCCOc4cc(C)c(Cl)c(C)c4)c4ccc(Cl)c(-c5c(C)nn(C)c5C)c43)C1=O)cn2C. The fourth-order valence-corrected chi connectivity index (χ4v) is 9.04. The Hall–Kier alpha value is -5.62. The summed E-state index contributed by atoms with van der Waals surface area (Å²) in [5, 5.41) is 17.0. The van der Waals surface area contributed by atoms with Crippen LogP contribution in [0.3, 0.4) is 0 Å². The maximum atomic E-state index is 15.3. The van der Waals surface area contributed by atoms with E-state index in [2.05, 4.69) is 34.5 Å². The first-order chi connectivity index (χ1) is 28.3. The monoisotopic (exact) mass is 830 g/mol. The lowest BCUT2D eigenvalue weighted by Crippen LogP contribution is -2.42. The van der Waals surface area contributed by atoms with Crippen LogP contribution in [0.25, 0.3) is 32.9 Å². The van der Waals surface area contributed by atoms with Crippen LogP contribution in [-0.2, 0) is 31.9 Å². The molecule has 59 heavy (non-hydrogen) atoms. The number of aromatic amines is 1. The van der Waals surface area contributed by atoms with Crippen molar-refractivity contribution in [3.63, 3.8) is 0 Å². The summed E-state index contributed by atoms with van der Waals surface area (Å²) in [6.07, 6.45) is 5.06. The molecule has 2 N–H and O–H groups in total. The number of nitrogens with one attached hydrogen (secondary N) is 2. The Balaban J connectivity index is 1.23. The van der Waals surface area contributed by atoms with Crippen LogP contribution >= 0.6 is 23.2 Å². The molecule has 0 unspecified atom stereocenters. The largest absolute Gasteiger partial charge is 0.494 e. The third kappa shape index (κ3) is 7.04. The van der Waals surface area contributed by atoms with Crippen LogP contribution in [0.4, 0.5) is 5.69 Å². The molecule has 0 saturated carbocycles. The average molecular weight is 832 g/mol. The minimum atomic E-state index is -0.121. The standard InChI is InChI=1S/C46H48Cl2N8O3/c1-25-19-32(20-26(2)41(25)48)59-18-10-12-33-34-14-15-36(47)40(39-28(4)52-54(7)29(39)5)42(34)56-27(3)22-55(46(57)43(33)56)38-23-53(6)37-16-13-30(21-35(37)38)44(49)51-45-31(24-58-8)11-9-17-50-45/h9,11,13-17,19-21,23,27H,10,12,18,22,24H2,1-8H3,(H2,49,50,51)/t27-/m1/s1. The summed E-state index contributed by atoms with van der Waals surface area (Å²) < 4.78 is 17.8. The number of anilines is 1. The first kappa shape index (κ1) is 40.2. The van der Waals surface area contributed by atoms with Gasteiger partial charge < -0.3 is 28.5 Å². The van der Waals surface area contributed by atoms with Crippen LogP contribution in [0.5, 0.6) is 5.75 Å². The number of hydrogen-bond acceptors (Lipinski definition) is 5. The summed E-state index contributed by atoms with van der Waals surface area (Å²) in [5.74, 6) is 0.773. The number of hydrogen-bond donors (Lipinski definition) is 2. The van der Waals surface area contributed by atoms with Crippen molar-refractivity contribution >= 4 is 62.4 Å². The summed E-state index contributed by atoms with van der Waals surface area (Å²) in [6.45, 7) is 11.4. The summed E-state index contributed by atoms with van der Waals surface area (Å²) in [6, 6.07) is 17.5. The Morgan fingerprint density at radius 2 is 1.78 bits per heavy atom. The Kier molecular flexibility index (Phi) is 10.8. The number of amides is 1. The molecule has 1 amide bonds. The Bertz CT molecular complexity index is 2870. The maximum Gasteiger partial charge on any atom is 0.275 e. The fourth-order valence-electron chi connectivity index (χ4n) is 8.69.